The normalized spacial score (nSPS) is 11.7. The molecule has 0 unspecified atom stereocenters. The maximum atomic E-state index is 14.6. The molecule has 10 heteroatoms. The van der Waals surface area contributed by atoms with Crippen LogP contribution in [0, 0.1) is 0 Å². The van der Waals surface area contributed by atoms with Gasteiger partial charge in [0.05, 0.1) is 28.5 Å². The number of nitrogens with one attached hydrogen (secondary N) is 1. The second kappa shape index (κ2) is 10.4. The summed E-state index contributed by atoms with van der Waals surface area (Å²) in [5.74, 6) is 0.495. The lowest BCUT2D eigenvalue weighted by Crippen LogP contribution is -2.14. The van der Waals surface area contributed by atoms with E-state index >= 15 is 0 Å². The third-order valence-electron chi connectivity index (χ3n) is 5.03. The molecular weight excluding hydrogens is 516 g/mol. The Morgan fingerprint density at radius 1 is 1.03 bits per heavy atom. The van der Waals surface area contributed by atoms with E-state index in [0.717, 1.165) is 6.26 Å². The lowest BCUT2D eigenvalue weighted by Gasteiger charge is -2.20. The first-order chi connectivity index (χ1) is 16.3. The first-order valence-electron chi connectivity index (χ1n) is 10.4. The Bertz CT molecular complexity index is 1330. The maximum absolute atomic E-state index is 14.6. The highest BCUT2D eigenvalue weighted by Gasteiger charge is 2.24. The zero-order chi connectivity index (χ0) is 26.0. The third-order valence-corrected chi connectivity index (χ3v) is 6.72. The highest BCUT2D eigenvalue weighted by molar-refractivity contribution is 7.90. The minimum absolute atomic E-state index is 0.0190. The summed E-state index contributed by atoms with van der Waals surface area (Å²) in [5, 5.41) is 2.99. The van der Waals surface area contributed by atoms with Gasteiger partial charge in [-0.25, -0.2) is 12.8 Å². The summed E-state index contributed by atoms with van der Waals surface area (Å²) in [6.07, 6.45) is 1.14. The summed E-state index contributed by atoms with van der Waals surface area (Å²) in [6, 6.07) is 13.7. The highest BCUT2D eigenvalue weighted by atomic mass is 35.5. The highest BCUT2D eigenvalue weighted by Crippen LogP contribution is 2.41. The molecule has 1 amide bonds. The second-order valence-corrected chi connectivity index (χ2v) is 11.2. The Labute approximate surface area is 213 Å². The van der Waals surface area contributed by atoms with Gasteiger partial charge in [-0.2, -0.15) is 0 Å². The lowest BCUT2D eigenvalue weighted by atomic mass is 9.99. The average Bonchev–Trinajstić information content (AvgIpc) is 2.75. The van der Waals surface area contributed by atoms with Gasteiger partial charge in [0.1, 0.15) is 17.2 Å². The number of ether oxygens (including phenoxy) is 2. The van der Waals surface area contributed by atoms with E-state index in [-0.39, 0.29) is 33.0 Å². The summed E-state index contributed by atoms with van der Waals surface area (Å²) in [6.45, 7) is 2.82. The van der Waals surface area contributed by atoms with E-state index in [9.17, 15) is 17.6 Å². The number of carbonyl (C=O) groups excluding carboxylic acids is 1. The number of sulfone groups is 1. The molecule has 3 aromatic rings. The molecule has 186 valence electrons. The van der Waals surface area contributed by atoms with Crippen molar-refractivity contribution in [1.82, 2.24) is 0 Å². The number of alkyl halides is 1. The van der Waals surface area contributed by atoms with Crippen molar-refractivity contribution in [3.63, 3.8) is 0 Å². The Kier molecular flexibility index (Phi) is 7.99. The molecular formula is C25H24Cl2FNO5S. The molecule has 0 fully saturated rings. The summed E-state index contributed by atoms with van der Waals surface area (Å²) < 4.78 is 48.8. The van der Waals surface area contributed by atoms with Crippen LogP contribution < -0.4 is 14.8 Å². The van der Waals surface area contributed by atoms with E-state index in [2.05, 4.69) is 5.32 Å². The topological polar surface area (TPSA) is 81.7 Å². The summed E-state index contributed by atoms with van der Waals surface area (Å²) in [7, 11) is -1.86. The molecule has 0 aliphatic heterocycles. The standard InChI is InChI=1S/C25H24Cl2FNO5S/c1-25(2,28)19-14-17(7-10-22(19)33-3)34-24-20(26)12-16(13-21(24)27)29-23(30)11-15-5-8-18(9-6-15)35(4,31)32/h5-10,12-14H,11H2,1-4H3,(H,29,30). The van der Waals surface area contributed by atoms with Crippen LogP contribution in [0.1, 0.15) is 25.0 Å². The number of hydrogen-bond acceptors (Lipinski definition) is 5. The maximum Gasteiger partial charge on any atom is 0.228 e. The zero-order valence-corrected chi connectivity index (χ0v) is 21.8. The fourth-order valence-corrected chi connectivity index (χ4v) is 4.50. The second-order valence-electron chi connectivity index (χ2n) is 8.35. The molecule has 0 heterocycles. The third kappa shape index (κ3) is 6.87. The minimum Gasteiger partial charge on any atom is -0.496 e. The lowest BCUT2D eigenvalue weighted by molar-refractivity contribution is -0.115. The first kappa shape index (κ1) is 26.8. The molecule has 0 aromatic heterocycles. The Balaban J connectivity index is 1.75. The molecule has 6 nitrogen and oxygen atoms in total. The van der Waals surface area contributed by atoms with E-state index in [0.29, 0.717) is 28.3 Å². The van der Waals surface area contributed by atoms with Crippen molar-refractivity contribution < 1.29 is 27.1 Å². The molecule has 35 heavy (non-hydrogen) atoms. The van der Waals surface area contributed by atoms with Gasteiger partial charge in [-0.15, -0.1) is 0 Å². The Morgan fingerprint density at radius 2 is 1.63 bits per heavy atom. The van der Waals surface area contributed by atoms with Crippen LogP contribution in [-0.4, -0.2) is 27.7 Å². The number of benzene rings is 3. The molecule has 0 saturated carbocycles. The zero-order valence-electron chi connectivity index (χ0n) is 19.5. The van der Waals surface area contributed by atoms with Crippen LogP contribution in [0.2, 0.25) is 10.0 Å². The monoisotopic (exact) mass is 539 g/mol. The molecule has 0 bridgehead atoms. The molecule has 3 aromatic carbocycles. The number of amides is 1. The molecule has 0 atom stereocenters. The van der Waals surface area contributed by atoms with Crippen molar-refractivity contribution in [2.45, 2.75) is 30.8 Å². The average molecular weight is 540 g/mol. The van der Waals surface area contributed by atoms with Crippen molar-refractivity contribution in [3.05, 3.63) is 75.8 Å². The van der Waals surface area contributed by atoms with E-state index in [1.807, 2.05) is 0 Å². The van der Waals surface area contributed by atoms with Crippen LogP contribution in [0.15, 0.2) is 59.5 Å². The van der Waals surface area contributed by atoms with Gasteiger partial charge >= 0.3 is 0 Å². The summed E-state index contributed by atoms with van der Waals surface area (Å²) in [4.78, 5) is 12.6. The van der Waals surface area contributed by atoms with Gasteiger partial charge in [0.15, 0.2) is 15.6 Å². The summed E-state index contributed by atoms with van der Waals surface area (Å²) >= 11 is 12.7. The number of carbonyl (C=O) groups is 1. The van der Waals surface area contributed by atoms with E-state index in [1.165, 1.54) is 51.3 Å². The van der Waals surface area contributed by atoms with E-state index in [4.69, 9.17) is 32.7 Å². The minimum atomic E-state index is -3.31. The van der Waals surface area contributed by atoms with Gasteiger partial charge < -0.3 is 14.8 Å². The van der Waals surface area contributed by atoms with Crippen molar-refractivity contribution in [1.29, 1.82) is 0 Å². The number of rotatable bonds is 8. The van der Waals surface area contributed by atoms with Crippen molar-refractivity contribution in [2.24, 2.45) is 0 Å². The van der Waals surface area contributed by atoms with E-state index in [1.54, 1.807) is 24.3 Å². The fraction of sp³-hybridized carbons (Fsp3) is 0.240. The van der Waals surface area contributed by atoms with Gasteiger partial charge in [0, 0.05) is 17.5 Å². The molecule has 0 saturated heterocycles. The van der Waals surface area contributed by atoms with E-state index < -0.39 is 15.5 Å². The number of methoxy groups -OCH3 is 1. The van der Waals surface area contributed by atoms with Gasteiger partial charge in [-0.05, 0) is 61.9 Å². The van der Waals surface area contributed by atoms with Crippen LogP contribution in [0.5, 0.6) is 17.2 Å². The van der Waals surface area contributed by atoms with Gasteiger partial charge in [0.2, 0.25) is 5.91 Å². The largest absolute Gasteiger partial charge is 0.496 e. The Morgan fingerprint density at radius 3 is 2.14 bits per heavy atom. The Hall–Kier alpha value is -2.81. The number of hydrogen-bond donors (Lipinski definition) is 1. The van der Waals surface area contributed by atoms with Crippen LogP contribution in [0.4, 0.5) is 10.1 Å². The molecule has 0 aliphatic rings. The number of halogens is 3. The molecule has 0 spiro atoms. The molecule has 0 radical (unpaired) electrons. The van der Waals surface area contributed by atoms with Crippen LogP contribution in [-0.2, 0) is 26.7 Å². The van der Waals surface area contributed by atoms with Gasteiger partial charge in [0.25, 0.3) is 0 Å². The van der Waals surface area contributed by atoms with Crippen molar-refractivity contribution in [2.75, 3.05) is 18.7 Å². The first-order valence-corrected chi connectivity index (χ1v) is 13.1. The summed E-state index contributed by atoms with van der Waals surface area (Å²) in [5.41, 5.74) is -0.376. The molecule has 3 rings (SSSR count). The molecule has 1 N–H and O–H groups in total. The van der Waals surface area contributed by atoms with Crippen LogP contribution in [0.3, 0.4) is 0 Å². The van der Waals surface area contributed by atoms with Gasteiger partial charge in [-0.3, -0.25) is 4.79 Å². The van der Waals surface area contributed by atoms with Crippen LogP contribution in [0.25, 0.3) is 0 Å². The van der Waals surface area contributed by atoms with Crippen molar-refractivity contribution >= 4 is 44.6 Å². The SMILES string of the molecule is COc1ccc(Oc2c(Cl)cc(NC(=O)Cc3ccc(S(C)(=O)=O)cc3)cc2Cl)cc1C(C)(C)F. The predicted octanol–water partition coefficient (Wildman–Crippen LogP) is 6.58. The quantitative estimate of drug-likeness (QED) is 0.349. The van der Waals surface area contributed by atoms with Gasteiger partial charge in [-0.1, -0.05) is 35.3 Å². The number of anilines is 1. The molecule has 0 aliphatic carbocycles. The van der Waals surface area contributed by atoms with Crippen molar-refractivity contribution in [3.8, 4) is 17.2 Å². The van der Waals surface area contributed by atoms with Crippen LogP contribution >= 0.6 is 23.2 Å². The predicted molar refractivity (Wildman–Crippen MR) is 136 cm³/mol. The fourth-order valence-electron chi connectivity index (χ4n) is 3.31. The smallest absolute Gasteiger partial charge is 0.228 e.